The number of pyridine rings is 1. The zero-order valence-corrected chi connectivity index (χ0v) is 33.9. The second-order valence-electron chi connectivity index (χ2n) is 15.5. The van der Waals surface area contributed by atoms with E-state index in [0.29, 0.717) is 43.1 Å². The summed E-state index contributed by atoms with van der Waals surface area (Å²) in [4.78, 5) is 59.3. The average Bonchev–Trinajstić information content (AvgIpc) is 3.74. The summed E-state index contributed by atoms with van der Waals surface area (Å²) < 4.78 is 5.36. The Kier molecular flexibility index (Phi) is 14.8. The molecule has 5 rings (SSSR count). The van der Waals surface area contributed by atoms with Crippen molar-refractivity contribution in [1.82, 2.24) is 46.5 Å². The third kappa shape index (κ3) is 12.7. The van der Waals surface area contributed by atoms with Crippen LogP contribution in [0.3, 0.4) is 0 Å². The number of nitrogens with one attached hydrogen (secondary N) is 5. The zero-order valence-electron chi connectivity index (χ0n) is 33.9. The van der Waals surface area contributed by atoms with Gasteiger partial charge in [0.1, 0.15) is 17.3 Å². The molecular formula is C42H56N10O5. The van der Waals surface area contributed by atoms with Crippen molar-refractivity contribution >= 4 is 29.5 Å². The Labute approximate surface area is 334 Å². The summed E-state index contributed by atoms with van der Waals surface area (Å²) in [6, 6.07) is 17.7. The van der Waals surface area contributed by atoms with Crippen LogP contribution in [0.4, 0.5) is 10.5 Å². The molecular weight excluding hydrogens is 725 g/mol. The van der Waals surface area contributed by atoms with Crippen molar-refractivity contribution in [1.29, 1.82) is 0 Å². The van der Waals surface area contributed by atoms with Crippen LogP contribution in [0.5, 0.6) is 0 Å². The van der Waals surface area contributed by atoms with Crippen LogP contribution in [0, 0.1) is 18.8 Å². The largest absolute Gasteiger partial charge is 0.444 e. The number of tetrazole rings is 1. The molecule has 1 unspecified atom stereocenters. The molecule has 4 amide bonds. The molecule has 1 saturated carbocycles. The number of amides is 4. The predicted molar refractivity (Wildman–Crippen MR) is 218 cm³/mol. The number of anilines is 1. The molecule has 0 saturated heterocycles. The summed E-state index contributed by atoms with van der Waals surface area (Å²) in [7, 11) is 0. The van der Waals surface area contributed by atoms with Gasteiger partial charge in [0.15, 0.2) is 0 Å². The maximum absolute atomic E-state index is 13.8. The normalized spacial score (nSPS) is 16.1. The van der Waals surface area contributed by atoms with Gasteiger partial charge in [-0.1, -0.05) is 44.2 Å². The van der Waals surface area contributed by atoms with E-state index in [-0.39, 0.29) is 36.0 Å². The van der Waals surface area contributed by atoms with Crippen LogP contribution in [0.25, 0.3) is 22.5 Å². The number of carbonyl (C=O) groups excluding carboxylic acids is 4. The molecule has 2 aromatic heterocycles. The summed E-state index contributed by atoms with van der Waals surface area (Å²) in [6.07, 6.45) is 2.66. The van der Waals surface area contributed by atoms with Crippen LogP contribution >= 0.6 is 0 Å². The molecule has 15 nitrogen and oxygen atoms in total. The van der Waals surface area contributed by atoms with E-state index in [0.717, 1.165) is 60.4 Å². The number of benzene rings is 2. The molecule has 2 heterocycles. The highest BCUT2D eigenvalue weighted by Crippen LogP contribution is 2.29. The van der Waals surface area contributed by atoms with E-state index in [2.05, 4.69) is 65.6 Å². The fourth-order valence-electron chi connectivity index (χ4n) is 6.89. The molecule has 5 N–H and O–H groups in total. The number of rotatable bonds is 16. The summed E-state index contributed by atoms with van der Waals surface area (Å²) in [6.45, 7) is 15.2. The van der Waals surface area contributed by atoms with Gasteiger partial charge in [0.2, 0.25) is 17.6 Å². The lowest BCUT2D eigenvalue weighted by atomic mass is 9.81. The van der Waals surface area contributed by atoms with E-state index in [1.54, 1.807) is 30.3 Å². The number of nitrogens with zero attached hydrogens (tertiary/aromatic N) is 5. The highest BCUT2D eigenvalue weighted by molar-refractivity contribution is 5.98. The molecule has 0 bridgehead atoms. The lowest BCUT2D eigenvalue weighted by Gasteiger charge is -2.29. The fourth-order valence-corrected chi connectivity index (χ4v) is 6.89. The number of alkyl carbamates (subject to hydrolysis) is 1. The van der Waals surface area contributed by atoms with Crippen LogP contribution in [0.15, 0.2) is 60.7 Å². The number of carbonyl (C=O) groups is 4. The van der Waals surface area contributed by atoms with Crippen molar-refractivity contribution in [3.05, 3.63) is 77.6 Å². The summed E-state index contributed by atoms with van der Waals surface area (Å²) in [5.74, 6) is -0.296. The average molecular weight is 781 g/mol. The smallest absolute Gasteiger partial charge is 0.407 e. The number of likely N-dealkylation sites (N-methyl/N-ethyl adjacent to an activating group) is 1. The predicted octanol–water partition coefficient (Wildman–Crippen LogP) is 5.31. The van der Waals surface area contributed by atoms with Crippen molar-refractivity contribution in [2.45, 2.75) is 85.3 Å². The van der Waals surface area contributed by atoms with E-state index in [1.807, 2.05) is 58.0 Å². The van der Waals surface area contributed by atoms with Gasteiger partial charge in [-0.25, -0.2) is 9.78 Å². The summed E-state index contributed by atoms with van der Waals surface area (Å²) in [5.41, 5.74) is 4.49. The highest BCUT2D eigenvalue weighted by atomic mass is 16.6. The highest BCUT2D eigenvalue weighted by Gasteiger charge is 2.30. The van der Waals surface area contributed by atoms with Crippen molar-refractivity contribution in [3.63, 3.8) is 0 Å². The monoisotopic (exact) mass is 780 g/mol. The van der Waals surface area contributed by atoms with Crippen LogP contribution < -0.4 is 21.3 Å². The summed E-state index contributed by atoms with van der Waals surface area (Å²) >= 11 is 0. The van der Waals surface area contributed by atoms with Crippen LogP contribution in [-0.2, 0) is 20.7 Å². The quantitative estimate of drug-likeness (QED) is 0.0995. The van der Waals surface area contributed by atoms with Gasteiger partial charge in [0.25, 0.3) is 5.91 Å². The minimum atomic E-state index is -0.852. The second-order valence-corrected chi connectivity index (χ2v) is 15.5. The first-order chi connectivity index (χ1) is 27.3. The standard InChI is InChI=1S/C42H56N10O5/c1-7-52(8-2)24-23-43-39(54)35-22-21-34(27(3)45-35)30-13-9-28(10-14-30)25-36(40(55)46-33-19-17-31(18-20-33)37-48-50-51-49-37)47-38(53)32-15-11-29(12-16-32)26-44-41(56)57-42(4,5)6/h9-10,13-14,17-22,29,32,36H,7-8,11-12,15-16,23-26H2,1-6H3,(H,43,54)(H,44,56)(H,46,55)(H,47,53)(H,48,49,50,51). The molecule has 0 spiro atoms. The minimum Gasteiger partial charge on any atom is -0.444 e. The number of hydrogen-bond donors (Lipinski definition) is 5. The Balaban J connectivity index is 1.23. The molecule has 304 valence electrons. The van der Waals surface area contributed by atoms with Crippen molar-refractivity contribution in [2.75, 3.05) is 38.0 Å². The van der Waals surface area contributed by atoms with Crippen molar-refractivity contribution < 1.29 is 23.9 Å². The number of aromatic nitrogens is 5. The molecule has 1 aliphatic rings. The topological polar surface area (TPSA) is 196 Å². The maximum Gasteiger partial charge on any atom is 0.407 e. The molecule has 15 heteroatoms. The Bertz CT molecular complexity index is 1930. The Morgan fingerprint density at radius 3 is 2.19 bits per heavy atom. The van der Waals surface area contributed by atoms with Gasteiger partial charge in [-0.2, -0.15) is 5.21 Å². The Morgan fingerprint density at radius 2 is 1.58 bits per heavy atom. The van der Waals surface area contributed by atoms with E-state index in [1.165, 1.54) is 0 Å². The lowest BCUT2D eigenvalue weighted by Crippen LogP contribution is -2.48. The number of ether oxygens (including phenoxy) is 1. The number of aryl methyl sites for hydroxylation is 1. The van der Waals surface area contributed by atoms with Crippen molar-refractivity contribution in [3.8, 4) is 22.5 Å². The first-order valence-electron chi connectivity index (χ1n) is 19.8. The van der Waals surface area contributed by atoms with Crippen molar-refractivity contribution in [2.24, 2.45) is 11.8 Å². The van der Waals surface area contributed by atoms with E-state index in [9.17, 15) is 19.2 Å². The molecule has 1 atom stereocenters. The molecule has 0 aliphatic heterocycles. The van der Waals surface area contributed by atoms with Gasteiger partial charge >= 0.3 is 6.09 Å². The fraction of sp³-hybridized carbons (Fsp3) is 0.476. The van der Waals surface area contributed by atoms with E-state index < -0.39 is 17.7 Å². The Hall–Kier alpha value is -5.70. The number of H-pyrrole nitrogens is 1. The second kappa shape index (κ2) is 19.9. The molecule has 1 aliphatic carbocycles. The maximum atomic E-state index is 13.8. The van der Waals surface area contributed by atoms with Gasteiger partial charge in [0, 0.05) is 54.5 Å². The first kappa shape index (κ1) is 42.4. The minimum absolute atomic E-state index is 0.170. The van der Waals surface area contributed by atoms with Gasteiger partial charge < -0.3 is 30.9 Å². The molecule has 57 heavy (non-hydrogen) atoms. The van der Waals surface area contributed by atoms with Gasteiger partial charge in [-0.3, -0.25) is 14.4 Å². The molecule has 4 aromatic rings. The molecule has 0 radical (unpaired) electrons. The number of aromatic amines is 1. The van der Waals surface area contributed by atoms with E-state index >= 15 is 0 Å². The van der Waals surface area contributed by atoms with Gasteiger partial charge in [0.05, 0.1) is 0 Å². The lowest BCUT2D eigenvalue weighted by molar-refractivity contribution is -0.130. The third-order valence-corrected chi connectivity index (χ3v) is 10.2. The van der Waals surface area contributed by atoms with Crippen LogP contribution in [0.2, 0.25) is 0 Å². The SMILES string of the molecule is CCN(CC)CCNC(=O)c1ccc(-c2ccc(CC(NC(=O)C3CCC(CNC(=O)OC(C)(C)C)CC3)C(=O)Nc3ccc(-c4nn[nH]n4)cc3)cc2)c(C)n1. The van der Waals surface area contributed by atoms with E-state index in [4.69, 9.17) is 4.74 Å². The Morgan fingerprint density at radius 1 is 0.895 bits per heavy atom. The first-order valence-corrected chi connectivity index (χ1v) is 19.8. The van der Waals surface area contributed by atoms with Crippen LogP contribution in [0.1, 0.15) is 82.0 Å². The van der Waals surface area contributed by atoms with Crippen LogP contribution in [-0.4, -0.2) is 98.7 Å². The zero-order chi connectivity index (χ0) is 41.0. The third-order valence-electron chi connectivity index (χ3n) is 10.2. The van der Waals surface area contributed by atoms with Gasteiger partial charge in [-0.15, -0.1) is 10.2 Å². The number of hydrogen-bond acceptors (Lipinski definition) is 10. The summed E-state index contributed by atoms with van der Waals surface area (Å²) in [5, 5.41) is 25.9. The molecule has 2 aromatic carbocycles. The van der Waals surface area contributed by atoms with Gasteiger partial charge in [-0.05, 0) is 119 Å². The molecule has 1 fully saturated rings.